The Morgan fingerprint density at radius 3 is 2.45 bits per heavy atom. The first-order valence-corrected chi connectivity index (χ1v) is 9.10. The highest BCUT2D eigenvalue weighted by Gasteiger charge is 2.33. The zero-order valence-corrected chi connectivity index (χ0v) is 16.7. The number of carbonyl (C=O) groups is 2. The van der Waals surface area contributed by atoms with Crippen molar-refractivity contribution in [2.45, 2.75) is 6.18 Å². The number of nitrogens with one attached hydrogen (secondary N) is 1. The molecule has 31 heavy (non-hydrogen) atoms. The molecule has 1 heterocycles. The minimum Gasteiger partial charge on any atom is -0.497 e. The summed E-state index contributed by atoms with van der Waals surface area (Å²) in [7, 11) is 2.99. The Morgan fingerprint density at radius 2 is 1.84 bits per heavy atom. The molecular formula is C21H19F3N4O3. The first-order chi connectivity index (χ1) is 14.7. The summed E-state index contributed by atoms with van der Waals surface area (Å²) < 4.78 is 44.2. The molecular weight excluding hydrogens is 413 g/mol. The molecule has 0 atom stereocenters. The van der Waals surface area contributed by atoms with E-state index in [-0.39, 0.29) is 12.1 Å². The molecule has 0 bridgehead atoms. The molecule has 10 heteroatoms. The van der Waals surface area contributed by atoms with Gasteiger partial charge in [0, 0.05) is 30.6 Å². The van der Waals surface area contributed by atoms with E-state index in [2.05, 4.69) is 10.4 Å². The molecule has 0 fully saturated rings. The number of anilines is 1. The summed E-state index contributed by atoms with van der Waals surface area (Å²) >= 11 is 0. The van der Waals surface area contributed by atoms with Gasteiger partial charge in [0.2, 0.25) is 5.91 Å². The molecule has 7 nitrogen and oxygen atoms in total. The van der Waals surface area contributed by atoms with Crippen LogP contribution in [0.2, 0.25) is 0 Å². The van der Waals surface area contributed by atoms with Crippen LogP contribution in [0.5, 0.6) is 5.75 Å². The van der Waals surface area contributed by atoms with E-state index in [0.717, 1.165) is 10.7 Å². The molecule has 3 rings (SSSR count). The van der Waals surface area contributed by atoms with Crippen LogP contribution in [0, 0.1) is 0 Å². The minimum atomic E-state index is -4.53. The molecule has 0 spiro atoms. The summed E-state index contributed by atoms with van der Waals surface area (Å²) in [5, 5.41) is 6.17. The Balaban J connectivity index is 1.62. The van der Waals surface area contributed by atoms with Gasteiger partial charge in [0.05, 0.1) is 19.3 Å². The normalized spacial score (nSPS) is 11.1. The van der Waals surface area contributed by atoms with E-state index in [9.17, 15) is 22.8 Å². The smallest absolute Gasteiger partial charge is 0.435 e. The van der Waals surface area contributed by atoms with Gasteiger partial charge < -0.3 is 15.0 Å². The van der Waals surface area contributed by atoms with Crippen LogP contribution in [0.1, 0.15) is 16.1 Å². The third kappa shape index (κ3) is 5.41. The summed E-state index contributed by atoms with van der Waals surface area (Å²) in [6, 6.07) is 13.6. The maximum atomic E-state index is 12.7. The predicted octanol–water partition coefficient (Wildman–Crippen LogP) is 3.61. The molecule has 0 radical (unpaired) electrons. The van der Waals surface area contributed by atoms with Gasteiger partial charge in [-0.25, -0.2) is 4.68 Å². The molecule has 0 saturated heterocycles. The number of nitrogens with zero attached hydrogens (tertiary/aromatic N) is 3. The topological polar surface area (TPSA) is 76.5 Å². The Kier molecular flexibility index (Phi) is 6.28. The largest absolute Gasteiger partial charge is 0.497 e. The van der Waals surface area contributed by atoms with Crippen molar-refractivity contribution in [1.82, 2.24) is 14.7 Å². The van der Waals surface area contributed by atoms with Gasteiger partial charge in [0.25, 0.3) is 5.91 Å². The summed E-state index contributed by atoms with van der Waals surface area (Å²) in [5.74, 6) is -0.220. The second kappa shape index (κ2) is 8.90. The Bertz CT molecular complexity index is 1080. The lowest BCUT2D eigenvalue weighted by Gasteiger charge is -2.17. The van der Waals surface area contributed by atoms with Gasteiger partial charge in [-0.15, -0.1) is 0 Å². The van der Waals surface area contributed by atoms with Crippen molar-refractivity contribution in [3.05, 3.63) is 72.1 Å². The van der Waals surface area contributed by atoms with Crippen molar-refractivity contribution in [2.24, 2.45) is 0 Å². The van der Waals surface area contributed by atoms with E-state index < -0.39 is 23.7 Å². The average Bonchev–Trinajstić information content (AvgIpc) is 3.24. The Labute approximate surface area is 176 Å². The van der Waals surface area contributed by atoms with Crippen molar-refractivity contribution in [2.75, 3.05) is 26.0 Å². The van der Waals surface area contributed by atoms with Crippen LogP contribution in [0.4, 0.5) is 18.9 Å². The second-order valence-electron chi connectivity index (χ2n) is 6.63. The molecule has 0 aliphatic heterocycles. The van der Waals surface area contributed by atoms with Gasteiger partial charge in [-0.1, -0.05) is 6.07 Å². The van der Waals surface area contributed by atoms with Crippen LogP contribution in [-0.2, 0) is 11.0 Å². The van der Waals surface area contributed by atoms with Crippen LogP contribution < -0.4 is 10.1 Å². The number of amides is 2. The number of ether oxygens (including phenoxy) is 1. The van der Waals surface area contributed by atoms with Crippen LogP contribution in [0.15, 0.2) is 60.8 Å². The lowest BCUT2D eigenvalue weighted by Crippen LogP contribution is -2.34. The number of hydrogen-bond acceptors (Lipinski definition) is 4. The molecule has 0 saturated carbocycles. The number of methoxy groups -OCH3 is 1. The van der Waals surface area contributed by atoms with Crippen molar-refractivity contribution in [1.29, 1.82) is 0 Å². The second-order valence-corrected chi connectivity index (χ2v) is 6.63. The third-order valence-electron chi connectivity index (χ3n) is 4.34. The molecule has 2 aromatic carbocycles. The summed E-state index contributed by atoms with van der Waals surface area (Å²) in [6.45, 7) is -0.189. The zero-order chi connectivity index (χ0) is 22.6. The number of likely N-dealkylation sites (N-methyl/N-ethyl adjacent to an activating group) is 1. The van der Waals surface area contributed by atoms with E-state index in [1.165, 1.54) is 49.5 Å². The summed E-state index contributed by atoms with van der Waals surface area (Å²) in [5.41, 5.74) is 0.176. The van der Waals surface area contributed by atoms with Crippen LogP contribution in [0.25, 0.3) is 5.69 Å². The molecule has 0 aliphatic carbocycles. The molecule has 2 amide bonds. The fourth-order valence-electron chi connectivity index (χ4n) is 2.78. The lowest BCUT2D eigenvalue weighted by atomic mass is 10.2. The number of carbonyl (C=O) groups excluding carboxylic acids is 2. The lowest BCUT2D eigenvalue weighted by molar-refractivity contribution is -0.141. The van der Waals surface area contributed by atoms with Crippen LogP contribution >= 0.6 is 0 Å². The fraction of sp³-hybridized carbons (Fsp3) is 0.190. The minimum absolute atomic E-state index is 0.189. The van der Waals surface area contributed by atoms with Gasteiger partial charge in [0.15, 0.2) is 5.69 Å². The quantitative estimate of drug-likeness (QED) is 0.646. The van der Waals surface area contributed by atoms with E-state index in [4.69, 9.17) is 4.74 Å². The summed E-state index contributed by atoms with van der Waals surface area (Å²) in [6.07, 6.45) is -3.34. The molecule has 1 aromatic heterocycles. The van der Waals surface area contributed by atoms with Crippen LogP contribution in [0.3, 0.4) is 0 Å². The highest BCUT2D eigenvalue weighted by atomic mass is 19.4. The molecule has 1 N–H and O–H groups in total. The number of rotatable bonds is 6. The van der Waals surface area contributed by atoms with E-state index >= 15 is 0 Å². The van der Waals surface area contributed by atoms with Crippen molar-refractivity contribution < 1.29 is 27.5 Å². The Hall–Kier alpha value is -3.82. The molecule has 0 aliphatic rings. The fourth-order valence-corrected chi connectivity index (χ4v) is 2.78. The standard InChI is InChI=1S/C21H19F3N4O3/c1-27(13-19(29)25-15-4-3-5-17(12-15)31-2)20(30)14-6-8-16(9-7-14)28-11-10-18(26-28)21(22,23)24/h3-12H,13H2,1-2H3,(H,25,29). The summed E-state index contributed by atoms with van der Waals surface area (Å²) in [4.78, 5) is 26.0. The highest BCUT2D eigenvalue weighted by Crippen LogP contribution is 2.28. The zero-order valence-electron chi connectivity index (χ0n) is 16.7. The maximum Gasteiger partial charge on any atom is 0.435 e. The van der Waals surface area contributed by atoms with E-state index in [1.54, 1.807) is 24.3 Å². The first kappa shape index (κ1) is 21.9. The van der Waals surface area contributed by atoms with Gasteiger partial charge in [0.1, 0.15) is 5.75 Å². The number of hydrogen-bond donors (Lipinski definition) is 1. The molecule has 3 aromatic rings. The van der Waals surface area contributed by atoms with Gasteiger partial charge in [-0.3, -0.25) is 9.59 Å². The highest BCUT2D eigenvalue weighted by molar-refractivity contribution is 5.99. The number of benzene rings is 2. The SMILES string of the molecule is COc1cccc(NC(=O)CN(C)C(=O)c2ccc(-n3ccc(C(F)(F)F)n3)cc2)c1. The van der Waals surface area contributed by atoms with Crippen molar-refractivity contribution in [3.63, 3.8) is 0 Å². The number of halogens is 3. The van der Waals surface area contributed by atoms with Gasteiger partial charge in [-0.2, -0.15) is 18.3 Å². The monoisotopic (exact) mass is 432 g/mol. The maximum absolute atomic E-state index is 12.7. The first-order valence-electron chi connectivity index (χ1n) is 9.10. The average molecular weight is 432 g/mol. The molecule has 0 unspecified atom stereocenters. The van der Waals surface area contributed by atoms with Gasteiger partial charge >= 0.3 is 6.18 Å². The third-order valence-corrected chi connectivity index (χ3v) is 4.34. The van der Waals surface area contributed by atoms with Crippen LogP contribution in [-0.4, -0.2) is 47.2 Å². The van der Waals surface area contributed by atoms with Crippen molar-refractivity contribution in [3.8, 4) is 11.4 Å². The van der Waals surface area contributed by atoms with E-state index in [1.807, 2.05) is 0 Å². The van der Waals surface area contributed by atoms with Gasteiger partial charge in [-0.05, 0) is 42.5 Å². The van der Waals surface area contributed by atoms with E-state index in [0.29, 0.717) is 17.1 Å². The van der Waals surface area contributed by atoms with Crippen molar-refractivity contribution >= 4 is 17.5 Å². The number of alkyl halides is 3. The number of aromatic nitrogens is 2. The Morgan fingerprint density at radius 1 is 1.13 bits per heavy atom. The predicted molar refractivity (Wildman–Crippen MR) is 107 cm³/mol. The molecule has 162 valence electrons.